The molecular formula is C21H37N3O5S. The Morgan fingerprint density at radius 2 is 1.67 bits per heavy atom. The highest BCUT2D eigenvalue weighted by Gasteiger charge is 2.23. The third kappa shape index (κ3) is 12.7. The molecule has 1 aromatic rings. The predicted octanol–water partition coefficient (Wildman–Crippen LogP) is 1.89. The van der Waals surface area contributed by atoms with Crippen LogP contribution >= 0.6 is 0 Å². The number of carboxylic acids is 1. The first kappa shape index (κ1) is 26.2. The maximum absolute atomic E-state index is 12.4. The van der Waals surface area contributed by atoms with Crippen LogP contribution in [-0.2, 0) is 15.0 Å². The van der Waals surface area contributed by atoms with Crippen molar-refractivity contribution >= 4 is 21.9 Å². The molecule has 0 heterocycles. The van der Waals surface area contributed by atoms with E-state index in [2.05, 4.69) is 16.4 Å². The average Bonchev–Trinajstić information content (AvgIpc) is 2.59. The van der Waals surface area contributed by atoms with Crippen molar-refractivity contribution in [1.82, 2.24) is 4.72 Å². The number of aliphatic carboxylic acids is 1. The topological polar surface area (TPSA) is 108 Å². The van der Waals surface area contributed by atoms with E-state index in [1.54, 1.807) is 24.3 Å². The fraction of sp³-hybridized carbons (Fsp3) is 0.667. The SMILES string of the molecule is CCCCCCCCOc1ccc(NS(=O)(=O)N[C@H](CC(=O)[O-])C[N+](C)(C)C)cc1. The summed E-state index contributed by atoms with van der Waals surface area (Å²) in [5.74, 6) is -0.623. The standard InChI is InChI=1S/C21H37N3O5S/c1-5-6-7-8-9-10-15-29-20-13-11-18(12-14-20)22-30(27,28)23-19(16-21(25)26)17-24(2,3)4/h11-14,19,22-23H,5-10,15-17H2,1-4H3/t19-/m1/s1. The van der Waals surface area contributed by atoms with Gasteiger partial charge in [-0.1, -0.05) is 39.0 Å². The van der Waals surface area contributed by atoms with E-state index in [0.29, 0.717) is 29.1 Å². The van der Waals surface area contributed by atoms with E-state index in [4.69, 9.17) is 4.74 Å². The van der Waals surface area contributed by atoms with Crippen LogP contribution in [0, 0.1) is 0 Å². The van der Waals surface area contributed by atoms with Gasteiger partial charge in [0.25, 0.3) is 10.2 Å². The van der Waals surface area contributed by atoms with Crippen LogP contribution in [-0.4, -0.2) is 59.2 Å². The van der Waals surface area contributed by atoms with Gasteiger partial charge in [0.2, 0.25) is 0 Å². The summed E-state index contributed by atoms with van der Waals surface area (Å²) < 4.78 is 35.7. The maximum atomic E-state index is 12.4. The highest BCUT2D eigenvalue weighted by atomic mass is 32.2. The van der Waals surface area contributed by atoms with Crippen LogP contribution in [0.4, 0.5) is 5.69 Å². The number of carbonyl (C=O) groups is 1. The number of carboxylic acid groups (broad SMARTS) is 1. The van der Waals surface area contributed by atoms with Crippen molar-refractivity contribution in [3.63, 3.8) is 0 Å². The molecule has 0 bridgehead atoms. The Kier molecular flexibility index (Phi) is 11.1. The molecule has 0 saturated heterocycles. The highest BCUT2D eigenvalue weighted by molar-refractivity contribution is 7.90. The van der Waals surface area contributed by atoms with Crippen LogP contribution < -0.4 is 19.3 Å². The van der Waals surface area contributed by atoms with E-state index in [9.17, 15) is 18.3 Å². The van der Waals surface area contributed by atoms with E-state index in [-0.39, 0.29) is 0 Å². The van der Waals surface area contributed by atoms with Gasteiger partial charge < -0.3 is 19.1 Å². The molecule has 0 aliphatic heterocycles. The number of hydrogen-bond acceptors (Lipinski definition) is 5. The number of ether oxygens (including phenoxy) is 1. The minimum Gasteiger partial charge on any atom is -0.550 e. The van der Waals surface area contributed by atoms with E-state index in [1.165, 1.54) is 25.7 Å². The lowest BCUT2D eigenvalue weighted by Gasteiger charge is -2.29. The summed E-state index contributed by atoms with van der Waals surface area (Å²) in [6.07, 6.45) is 6.72. The molecule has 9 heteroatoms. The molecule has 0 aliphatic rings. The molecule has 2 N–H and O–H groups in total. The number of carbonyl (C=O) groups excluding carboxylic acids is 1. The van der Waals surface area contributed by atoms with Gasteiger partial charge >= 0.3 is 0 Å². The molecule has 0 unspecified atom stereocenters. The second-order valence-corrected chi connectivity index (χ2v) is 10.1. The van der Waals surface area contributed by atoms with Crippen molar-refractivity contribution in [3.05, 3.63) is 24.3 Å². The van der Waals surface area contributed by atoms with Crippen molar-refractivity contribution < 1.29 is 27.5 Å². The van der Waals surface area contributed by atoms with Crippen molar-refractivity contribution in [2.75, 3.05) is 39.0 Å². The molecule has 0 saturated carbocycles. The highest BCUT2D eigenvalue weighted by Crippen LogP contribution is 2.17. The maximum Gasteiger partial charge on any atom is 0.299 e. The Balaban J connectivity index is 2.53. The molecule has 0 amide bonds. The smallest absolute Gasteiger partial charge is 0.299 e. The molecule has 172 valence electrons. The van der Waals surface area contributed by atoms with Crippen LogP contribution in [0.25, 0.3) is 0 Å². The van der Waals surface area contributed by atoms with Crippen molar-refractivity contribution in [2.24, 2.45) is 0 Å². The van der Waals surface area contributed by atoms with Gasteiger partial charge in [-0.25, -0.2) is 0 Å². The summed E-state index contributed by atoms with van der Waals surface area (Å²) >= 11 is 0. The van der Waals surface area contributed by atoms with Gasteiger partial charge in [0.1, 0.15) is 5.75 Å². The van der Waals surface area contributed by atoms with Crippen LogP contribution in [0.1, 0.15) is 51.9 Å². The lowest BCUT2D eigenvalue weighted by molar-refractivity contribution is -0.871. The lowest BCUT2D eigenvalue weighted by Crippen LogP contribution is -2.51. The van der Waals surface area contributed by atoms with Crippen LogP contribution in [0.3, 0.4) is 0 Å². The van der Waals surface area contributed by atoms with E-state index < -0.39 is 28.6 Å². The Hall–Kier alpha value is -1.84. The average molecular weight is 444 g/mol. The zero-order valence-electron chi connectivity index (χ0n) is 18.6. The quantitative estimate of drug-likeness (QED) is 0.300. The molecule has 1 rings (SSSR count). The second-order valence-electron chi connectivity index (χ2n) is 8.61. The molecule has 0 radical (unpaired) electrons. The second kappa shape index (κ2) is 12.8. The number of anilines is 1. The Bertz CT molecular complexity index is 730. The number of nitrogens with one attached hydrogen (secondary N) is 2. The first-order valence-corrected chi connectivity index (χ1v) is 12.0. The zero-order chi connectivity index (χ0) is 22.6. The van der Waals surface area contributed by atoms with Crippen LogP contribution in [0.2, 0.25) is 0 Å². The van der Waals surface area contributed by atoms with Gasteiger partial charge in [-0.3, -0.25) is 4.72 Å². The number of unbranched alkanes of at least 4 members (excludes halogenated alkanes) is 5. The van der Waals surface area contributed by atoms with Crippen LogP contribution in [0.5, 0.6) is 5.75 Å². The number of likely N-dealkylation sites (N-methyl/N-ethyl adjacent to an activating group) is 1. The number of hydrogen-bond donors (Lipinski definition) is 2. The molecule has 30 heavy (non-hydrogen) atoms. The zero-order valence-corrected chi connectivity index (χ0v) is 19.5. The van der Waals surface area contributed by atoms with E-state index in [1.807, 2.05) is 21.1 Å². The summed E-state index contributed by atoms with van der Waals surface area (Å²) in [4.78, 5) is 11.0. The van der Waals surface area contributed by atoms with E-state index >= 15 is 0 Å². The number of rotatable bonds is 16. The first-order valence-electron chi connectivity index (χ1n) is 10.5. The van der Waals surface area contributed by atoms with Crippen molar-refractivity contribution in [2.45, 2.75) is 57.9 Å². The largest absolute Gasteiger partial charge is 0.550 e. The first-order chi connectivity index (χ1) is 14.0. The summed E-state index contributed by atoms with van der Waals surface area (Å²) in [6.45, 7) is 3.13. The van der Waals surface area contributed by atoms with Gasteiger partial charge in [-0.05, 0) is 30.7 Å². The monoisotopic (exact) mass is 443 g/mol. The fourth-order valence-electron chi connectivity index (χ4n) is 3.10. The molecule has 1 aromatic carbocycles. The number of quaternary nitrogens is 1. The normalized spacial score (nSPS) is 13.1. The van der Waals surface area contributed by atoms with Gasteiger partial charge in [0.15, 0.2) is 0 Å². The molecule has 0 fully saturated rings. The number of nitrogens with zero attached hydrogens (tertiary/aromatic N) is 1. The minimum absolute atomic E-state index is 0.306. The summed E-state index contributed by atoms with van der Waals surface area (Å²) in [5.41, 5.74) is 0.367. The molecular weight excluding hydrogens is 406 g/mol. The van der Waals surface area contributed by atoms with Gasteiger partial charge in [-0.2, -0.15) is 13.1 Å². The molecule has 0 aromatic heterocycles. The number of benzene rings is 1. The van der Waals surface area contributed by atoms with Gasteiger partial charge in [0.05, 0.1) is 46.0 Å². The van der Waals surface area contributed by atoms with Crippen molar-refractivity contribution in [3.8, 4) is 5.75 Å². The minimum atomic E-state index is -3.94. The Morgan fingerprint density at radius 3 is 2.23 bits per heavy atom. The van der Waals surface area contributed by atoms with Gasteiger partial charge in [0, 0.05) is 12.4 Å². The third-order valence-electron chi connectivity index (χ3n) is 4.38. The van der Waals surface area contributed by atoms with Gasteiger partial charge in [-0.15, -0.1) is 0 Å². The summed E-state index contributed by atoms with van der Waals surface area (Å²) in [7, 11) is 1.63. The third-order valence-corrected chi connectivity index (χ3v) is 5.52. The predicted molar refractivity (Wildman–Crippen MR) is 117 cm³/mol. The summed E-state index contributed by atoms with van der Waals surface area (Å²) in [5, 5.41) is 11.0. The molecule has 0 spiro atoms. The fourth-order valence-corrected chi connectivity index (χ4v) is 4.20. The lowest BCUT2D eigenvalue weighted by atomic mass is 10.1. The van der Waals surface area contributed by atoms with Crippen molar-refractivity contribution in [1.29, 1.82) is 0 Å². The van der Waals surface area contributed by atoms with E-state index in [0.717, 1.165) is 12.8 Å². The molecule has 1 atom stereocenters. The summed E-state index contributed by atoms with van der Waals surface area (Å²) in [6, 6.07) is 5.86. The molecule has 8 nitrogen and oxygen atoms in total. The van der Waals surface area contributed by atoms with Crippen LogP contribution in [0.15, 0.2) is 24.3 Å². The Labute approximate surface area is 181 Å². The Morgan fingerprint density at radius 1 is 1.07 bits per heavy atom. The molecule has 0 aliphatic carbocycles.